The predicted molar refractivity (Wildman–Crippen MR) is 75.3 cm³/mol. The molecule has 7 nitrogen and oxygen atoms in total. The molecule has 0 bridgehead atoms. The molecule has 0 fully saturated rings. The highest BCUT2D eigenvalue weighted by Crippen LogP contribution is 2.16. The summed E-state index contributed by atoms with van der Waals surface area (Å²) in [4.78, 5) is 23.2. The third-order valence-electron chi connectivity index (χ3n) is 2.80. The molecule has 1 rings (SSSR count). The number of benzene rings is 1. The van der Waals surface area contributed by atoms with Crippen LogP contribution in [0.2, 0.25) is 0 Å². The minimum Gasteiger partial charge on any atom is -0.409 e. The lowest BCUT2D eigenvalue weighted by atomic mass is 9.93. The fourth-order valence-corrected chi connectivity index (χ4v) is 1.81. The smallest absolute Gasteiger partial charge is 0.248 e. The number of carbonyl (C=O) groups excluding carboxylic acids is 2. The molecule has 2 amide bonds. The van der Waals surface area contributed by atoms with E-state index in [9.17, 15) is 9.59 Å². The van der Waals surface area contributed by atoms with Gasteiger partial charge >= 0.3 is 0 Å². The summed E-state index contributed by atoms with van der Waals surface area (Å²) in [5.41, 5.74) is 11.4. The molecule has 1 unspecified atom stereocenters. The highest BCUT2D eigenvalue weighted by atomic mass is 16.4. The Balaban J connectivity index is 2.94. The molecule has 0 saturated carbocycles. The zero-order valence-electron chi connectivity index (χ0n) is 11.3. The number of amidine groups is 1. The van der Waals surface area contributed by atoms with E-state index in [0.29, 0.717) is 5.69 Å². The van der Waals surface area contributed by atoms with Gasteiger partial charge in [0.25, 0.3) is 0 Å². The van der Waals surface area contributed by atoms with Crippen LogP contribution in [0.3, 0.4) is 0 Å². The van der Waals surface area contributed by atoms with Crippen molar-refractivity contribution in [1.82, 2.24) is 0 Å². The quantitative estimate of drug-likeness (QED) is 0.274. The van der Waals surface area contributed by atoms with Crippen molar-refractivity contribution in [2.75, 3.05) is 5.32 Å². The number of hydrogen-bond donors (Lipinski definition) is 4. The zero-order chi connectivity index (χ0) is 15.3. The molecule has 1 atom stereocenters. The first-order valence-electron chi connectivity index (χ1n) is 6.05. The van der Waals surface area contributed by atoms with E-state index >= 15 is 0 Å². The van der Waals surface area contributed by atoms with Crippen molar-refractivity contribution in [1.29, 1.82) is 0 Å². The minimum absolute atomic E-state index is 0.148. The van der Waals surface area contributed by atoms with Gasteiger partial charge in [-0.3, -0.25) is 9.59 Å². The summed E-state index contributed by atoms with van der Waals surface area (Å²) in [6.07, 6.45) is 0. The Hall–Kier alpha value is -2.57. The first kappa shape index (κ1) is 15.5. The summed E-state index contributed by atoms with van der Waals surface area (Å²) in [7, 11) is 0. The molecule has 1 aromatic rings. The van der Waals surface area contributed by atoms with Gasteiger partial charge in [-0.05, 0) is 24.1 Å². The molecule has 6 N–H and O–H groups in total. The number of amides is 2. The van der Waals surface area contributed by atoms with E-state index < -0.39 is 17.7 Å². The van der Waals surface area contributed by atoms with Crippen LogP contribution in [0.25, 0.3) is 0 Å². The van der Waals surface area contributed by atoms with Crippen LogP contribution in [0.1, 0.15) is 24.2 Å². The molecule has 0 spiro atoms. The first-order valence-corrected chi connectivity index (χ1v) is 6.05. The molecule has 0 aliphatic heterocycles. The number of rotatable bonds is 5. The normalized spacial score (nSPS) is 13.1. The molecule has 0 aliphatic rings. The Bertz CT molecular complexity index is 540. The largest absolute Gasteiger partial charge is 0.409 e. The first-order chi connectivity index (χ1) is 9.36. The monoisotopic (exact) mass is 278 g/mol. The Kier molecular flexibility index (Phi) is 5.08. The summed E-state index contributed by atoms with van der Waals surface area (Å²) in [5.74, 6) is -2.08. The highest BCUT2D eigenvalue weighted by molar-refractivity contribution is 6.08. The average molecular weight is 278 g/mol. The number of hydrogen-bond acceptors (Lipinski definition) is 4. The maximum atomic E-state index is 12.1. The van der Waals surface area contributed by atoms with Crippen molar-refractivity contribution in [3.05, 3.63) is 29.8 Å². The van der Waals surface area contributed by atoms with E-state index in [1.165, 1.54) is 6.07 Å². The molecule has 7 heteroatoms. The molecule has 0 radical (unpaired) electrons. The van der Waals surface area contributed by atoms with Gasteiger partial charge < -0.3 is 22.0 Å². The summed E-state index contributed by atoms with van der Waals surface area (Å²) < 4.78 is 0. The Morgan fingerprint density at radius 3 is 2.45 bits per heavy atom. The van der Waals surface area contributed by atoms with Gasteiger partial charge in [-0.15, -0.1) is 0 Å². The van der Waals surface area contributed by atoms with E-state index in [0.717, 1.165) is 0 Å². The lowest BCUT2D eigenvalue weighted by molar-refractivity contribution is -0.119. The van der Waals surface area contributed by atoms with Crippen LogP contribution < -0.4 is 16.8 Å². The van der Waals surface area contributed by atoms with Gasteiger partial charge in [-0.25, -0.2) is 0 Å². The average Bonchev–Trinajstić information content (AvgIpc) is 2.38. The van der Waals surface area contributed by atoms with E-state index in [1.54, 1.807) is 32.0 Å². The van der Waals surface area contributed by atoms with Crippen LogP contribution in [0, 0.1) is 11.8 Å². The lowest BCUT2D eigenvalue weighted by Gasteiger charge is -2.18. The summed E-state index contributed by atoms with van der Waals surface area (Å²) in [6.45, 7) is 3.56. The van der Waals surface area contributed by atoms with E-state index in [4.69, 9.17) is 16.7 Å². The summed E-state index contributed by atoms with van der Waals surface area (Å²) >= 11 is 0. The van der Waals surface area contributed by atoms with Gasteiger partial charge in [0.15, 0.2) is 5.84 Å². The number of carbonyl (C=O) groups is 2. The second kappa shape index (κ2) is 6.55. The number of nitrogens with two attached hydrogens (primary N) is 2. The number of oxime groups is 1. The van der Waals surface area contributed by atoms with Gasteiger partial charge in [0.1, 0.15) is 5.92 Å². The van der Waals surface area contributed by atoms with Crippen molar-refractivity contribution in [3.63, 3.8) is 0 Å². The topological polar surface area (TPSA) is 131 Å². The number of nitrogens with zero attached hydrogens (tertiary/aromatic N) is 1. The van der Waals surface area contributed by atoms with E-state index in [1.807, 2.05) is 0 Å². The van der Waals surface area contributed by atoms with Crippen LogP contribution in [0.5, 0.6) is 0 Å². The number of anilines is 1. The second-order valence-electron chi connectivity index (χ2n) is 4.68. The van der Waals surface area contributed by atoms with Crippen molar-refractivity contribution >= 4 is 23.3 Å². The van der Waals surface area contributed by atoms with Crippen molar-refractivity contribution in [2.24, 2.45) is 28.5 Å². The van der Waals surface area contributed by atoms with Gasteiger partial charge in [0.2, 0.25) is 11.8 Å². The SMILES string of the molecule is CC(C)C(C(=O)Nc1cccc(C(N)=O)c1)/C(N)=N/O. The fraction of sp³-hybridized carbons (Fsp3) is 0.308. The maximum Gasteiger partial charge on any atom is 0.248 e. The molecule has 20 heavy (non-hydrogen) atoms. The highest BCUT2D eigenvalue weighted by Gasteiger charge is 2.26. The van der Waals surface area contributed by atoms with Crippen molar-refractivity contribution in [2.45, 2.75) is 13.8 Å². The lowest BCUT2D eigenvalue weighted by Crippen LogP contribution is -2.38. The third kappa shape index (κ3) is 3.71. The van der Waals surface area contributed by atoms with Crippen molar-refractivity contribution < 1.29 is 14.8 Å². The van der Waals surface area contributed by atoms with Gasteiger partial charge in [-0.1, -0.05) is 25.1 Å². The maximum absolute atomic E-state index is 12.1. The van der Waals surface area contributed by atoms with Gasteiger partial charge in [0.05, 0.1) is 0 Å². The predicted octanol–water partition coefficient (Wildman–Crippen LogP) is 0.743. The molecule has 0 saturated heterocycles. The minimum atomic E-state index is -0.766. The molecule has 108 valence electrons. The van der Waals surface area contributed by atoms with E-state index in [-0.39, 0.29) is 17.3 Å². The number of primary amides is 1. The summed E-state index contributed by atoms with van der Waals surface area (Å²) in [5, 5.41) is 14.2. The molecule has 0 aliphatic carbocycles. The van der Waals surface area contributed by atoms with Crippen molar-refractivity contribution in [3.8, 4) is 0 Å². The molecular weight excluding hydrogens is 260 g/mol. The van der Waals surface area contributed by atoms with Crippen LogP contribution in [-0.4, -0.2) is 22.9 Å². The second-order valence-corrected chi connectivity index (χ2v) is 4.68. The van der Waals surface area contributed by atoms with Gasteiger partial charge in [-0.2, -0.15) is 0 Å². The molecule has 1 aromatic carbocycles. The molecular formula is C13H18N4O3. The van der Waals surface area contributed by atoms with Crippen LogP contribution in [0.15, 0.2) is 29.4 Å². The Morgan fingerprint density at radius 1 is 1.30 bits per heavy atom. The zero-order valence-corrected chi connectivity index (χ0v) is 11.3. The number of nitrogens with one attached hydrogen (secondary N) is 1. The van der Waals surface area contributed by atoms with Gasteiger partial charge in [0, 0.05) is 11.3 Å². The standard InChI is InChI=1S/C13H18N4O3/c1-7(2)10(11(14)17-20)13(19)16-9-5-3-4-8(6-9)12(15)18/h3-7,10,20H,1-2H3,(H2,14,17)(H2,15,18)(H,16,19). The Labute approximate surface area is 116 Å². The van der Waals surface area contributed by atoms with Crippen LogP contribution in [-0.2, 0) is 4.79 Å². The van der Waals surface area contributed by atoms with Crippen LogP contribution >= 0.6 is 0 Å². The van der Waals surface area contributed by atoms with E-state index in [2.05, 4.69) is 10.5 Å². The Morgan fingerprint density at radius 2 is 1.95 bits per heavy atom. The summed E-state index contributed by atoms with van der Waals surface area (Å²) in [6, 6.07) is 6.23. The fourth-order valence-electron chi connectivity index (χ4n) is 1.81. The molecule has 0 aromatic heterocycles. The third-order valence-corrected chi connectivity index (χ3v) is 2.80. The molecule has 0 heterocycles. The van der Waals surface area contributed by atoms with Crippen LogP contribution in [0.4, 0.5) is 5.69 Å².